The normalized spacial score (nSPS) is 19.7. The van der Waals surface area contributed by atoms with Gasteiger partial charge in [-0.25, -0.2) is 19.9 Å². The molecular formula is C35H40N10O3S. The van der Waals surface area contributed by atoms with Crippen molar-refractivity contribution in [2.75, 3.05) is 44.2 Å². The minimum Gasteiger partial charge on any atom is -0.475 e. The Morgan fingerprint density at radius 2 is 1.92 bits per heavy atom. The van der Waals surface area contributed by atoms with Gasteiger partial charge in [0.05, 0.1) is 34.3 Å². The molecule has 0 bridgehead atoms. The molecule has 1 N–H and O–H groups in total. The van der Waals surface area contributed by atoms with Crippen LogP contribution in [0.25, 0.3) is 16.3 Å². The Kier molecular flexibility index (Phi) is 8.84. The molecule has 1 atom stereocenters. The fraction of sp³-hybridized carbons (Fsp3) is 0.429. The molecule has 254 valence electrons. The van der Waals surface area contributed by atoms with Gasteiger partial charge in [0.2, 0.25) is 17.7 Å². The topological polar surface area (TPSA) is 146 Å². The van der Waals surface area contributed by atoms with Crippen molar-refractivity contribution in [1.82, 2.24) is 39.5 Å². The highest BCUT2D eigenvalue weighted by molar-refractivity contribution is 7.16. The van der Waals surface area contributed by atoms with Crippen molar-refractivity contribution in [2.45, 2.75) is 46.1 Å². The molecule has 1 spiro atoms. The maximum absolute atomic E-state index is 14.0. The number of thiazole rings is 1. The number of nitrogens with one attached hydrogen (secondary N) is 1. The Labute approximate surface area is 289 Å². The van der Waals surface area contributed by atoms with E-state index in [4.69, 9.17) is 15.1 Å². The van der Waals surface area contributed by atoms with Gasteiger partial charge in [-0.1, -0.05) is 12.1 Å². The van der Waals surface area contributed by atoms with Crippen molar-refractivity contribution in [2.24, 2.45) is 12.5 Å². The molecule has 0 radical (unpaired) electrons. The van der Waals surface area contributed by atoms with Gasteiger partial charge >= 0.3 is 0 Å². The molecule has 0 aliphatic carbocycles. The van der Waals surface area contributed by atoms with E-state index in [1.54, 1.807) is 39.5 Å². The number of anilines is 1. The lowest BCUT2D eigenvalue weighted by atomic mass is 9.85. The average molecular weight is 681 g/mol. The number of aromatic nitrogens is 6. The zero-order valence-electron chi connectivity index (χ0n) is 28.2. The van der Waals surface area contributed by atoms with E-state index in [1.807, 2.05) is 57.1 Å². The number of aryl methyl sites for hydroxylation is 2. The summed E-state index contributed by atoms with van der Waals surface area (Å²) < 4.78 is 7.31. The number of hydrogen-bond donors (Lipinski definition) is 1. The number of hydrogen-bond acceptors (Lipinski definition) is 11. The lowest BCUT2D eigenvalue weighted by Gasteiger charge is -2.28. The van der Waals surface area contributed by atoms with Gasteiger partial charge in [-0.15, -0.1) is 11.3 Å². The second-order valence-corrected chi connectivity index (χ2v) is 14.3. The second-order valence-electron chi connectivity index (χ2n) is 13.3. The Balaban J connectivity index is 0.958. The molecule has 49 heavy (non-hydrogen) atoms. The molecule has 3 aliphatic rings. The summed E-state index contributed by atoms with van der Waals surface area (Å²) in [6.45, 7) is 9.07. The number of nitrogens with zero attached hydrogens (tertiary/aromatic N) is 9. The summed E-state index contributed by atoms with van der Waals surface area (Å²) in [6.07, 6.45) is 9.36. The first-order chi connectivity index (χ1) is 23.6. The summed E-state index contributed by atoms with van der Waals surface area (Å²) >= 11 is 1.57. The van der Waals surface area contributed by atoms with Crippen LogP contribution in [0, 0.1) is 17.7 Å². The van der Waals surface area contributed by atoms with Gasteiger partial charge in [0.1, 0.15) is 17.2 Å². The Bertz CT molecular complexity index is 1930. The van der Waals surface area contributed by atoms with Crippen molar-refractivity contribution in [1.29, 1.82) is 5.41 Å². The Hall–Kier alpha value is -4.82. The summed E-state index contributed by atoms with van der Waals surface area (Å²) in [5.41, 5.74) is 2.84. The van der Waals surface area contributed by atoms with Crippen LogP contribution in [-0.2, 0) is 16.6 Å². The molecule has 13 nitrogen and oxygen atoms in total. The van der Waals surface area contributed by atoms with Crippen molar-refractivity contribution < 1.29 is 14.3 Å². The van der Waals surface area contributed by atoms with Crippen molar-refractivity contribution in [3.8, 4) is 16.6 Å². The van der Waals surface area contributed by atoms with E-state index in [9.17, 15) is 9.59 Å². The van der Waals surface area contributed by atoms with E-state index in [-0.39, 0.29) is 23.6 Å². The third kappa shape index (κ3) is 6.62. The maximum atomic E-state index is 14.0. The van der Waals surface area contributed by atoms with Crippen LogP contribution in [0.1, 0.15) is 54.9 Å². The average Bonchev–Trinajstić information content (AvgIpc) is 3.90. The van der Waals surface area contributed by atoms with Gasteiger partial charge in [0.25, 0.3) is 0 Å². The van der Waals surface area contributed by atoms with Gasteiger partial charge in [-0.3, -0.25) is 29.5 Å². The number of carbonyl (C=O) groups is 2. The summed E-state index contributed by atoms with van der Waals surface area (Å²) in [7, 11) is 1.84. The van der Waals surface area contributed by atoms with E-state index >= 15 is 0 Å². The van der Waals surface area contributed by atoms with Crippen LogP contribution >= 0.6 is 11.3 Å². The molecule has 0 unspecified atom stereocenters. The molecule has 3 aliphatic heterocycles. The van der Waals surface area contributed by atoms with Crippen LogP contribution in [0.2, 0.25) is 0 Å². The molecule has 7 rings (SSSR count). The van der Waals surface area contributed by atoms with Gasteiger partial charge in [0.15, 0.2) is 5.82 Å². The molecule has 0 saturated carbocycles. The van der Waals surface area contributed by atoms with Crippen LogP contribution in [0.4, 0.5) is 5.82 Å². The Morgan fingerprint density at radius 1 is 1.08 bits per heavy atom. The first-order valence-corrected chi connectivity index (χ1v) is 17.4. The smallest absolute Gasteiger partial charge is 0.237 e. The minimum absolute atomic E-state index is 0.00851. The molecule has 4 aromatic rings. The fourth-order valence-corrected chi connectivity index (χ4v) is 7.69. The molecule has 0 aromatic carbocycles. The number of rotatable bonds is 9. The lowest BCUT2D eigenvalue weighted by Crippen LogP contribution is -2.43. The van der Waals surface area contributed by atoms with E-state index in [0.717, 1.165) is 27.4 Å². The zero-order valence-corrected chi connectivity index (χ0v) is 29.0. The monoisotopic (exact) mass is 680 g/mol. The maximum Gasteiger partial charge on any atom is 0.237 e. The predicted molar refractivity (Wildman–Crippen MR) is 187 cm³/mol. The highest BCUT2D eigenvalue weighted by atomic mass is 32.1. The van der Waals surface area contributed by atoms with Crippen LogP contribution < -0.4 is 9.64 Å². The number of ether oxygens (including phenoxy) is 1. The zero-order chi connectivity index (χ0) is 34.3. The number of carbonyl (C=O) groups excluding carboxylic acids is 2. The molecule has 14 heteroatoms. The predicted octanol–water partition coefficient (Wildman–Crippen LogP) is 3.99. The third-order valence-corrected chi connectivity index (χ3v) is 10.5. The summed E-state index contributed by atoms with van der Waals surface area (Å²) in [4.78, 5) is 52.1. The lowest BCUT2D eigenvalue weighted by molar-refractivity contribution is -0.132. The highest BCUT2D eigenvalue weighted by Crippen LogP contribution is 2.42. The summed E-state index contributed by atoms with van der Waals surface area (Å²) in [5.74, 6) is 1.85. The Morgan fingerprint density at radius 3 is 2.63 bits per heavy atom. The highest BCUT2D eigenvalue weighted by Gasteiger charge is 2.51. The molecule has 7 heterocycles. The van der Waals surface area contributed by atoms with Crippen molar-refractivity contribution in [3.63, 3.8) is 0 Å². The van der Waals surface area contributed by atoms with Crippen LogP contribution in [-0.4, -0.2) is 102 Å². The van der Waals surface area contributed by atoms with Crippen LogP contribution in [0.15, 0.2) is 49.1 Å². The first-order valence-electron chi connectivity index (χ1n) is 16.6. The number of amides is 2. The van der Waals surface area contributed by atoms with Crippen LogP contribution in [0.3, 0.4) is 0 Å². The number of likely N-dealkylation sites (tertiary alicyclic amines) is 1. The minimum atomic E-state index is -0.531. The molecule has 2 saturated heterocycles. The molecular weight excluding hydrogens is 641 g/mol. The first kappa shape index (κ1) is 32.7. The van der Waals surface area contributed by atoms with Gasteiger partial charge < -0.3 is 9.64 Å². The van der Waals surface area contributed by atoms with E-state index in [0.29, 0.717) is 80.9 Å². The van der Waals surface area contributed by atoms with Gasteiger partial charge in [-0.05, 0) is 69.8 Å². The van der Waals surface area contributed by atoms with Crippen molar-refractivity contribution >= 4 is 40.3 Å². The largest absolute Gasteiger partial charge is 0.475 e. The third-order valence-electron chi connectivity index (χ3n) is 9.44. The van der Waals surface area contributed by atoms with Crippen LogP contribution in [0.5, 0.6) is 5.88 Å². The van der Waals surface area contributed by atoms with E-state index in [2.05, 4.69) is 31.0 Å². The molecule has 4 aromatic heterocycles. The molecule has 2 fully saturated rings. The quantitative estimate of drug-likeness (QED) is 0.259. The van der Waals surface area contributed by atoms with Gasteiger partial charge in [-0.2, -0.15) is 5.10 Å². The van der Waals surface area contributed by atoms with Crippen molar-refractivity contribution in [3.05, 3.63) is 70.9 Å². The van der Waals surface area contributed by atoms with E-state index < -0.39 is 5.41 Å². The summed E-state index contributed by atoms with van der Waals surface area (Å²) in [5, 5.41) is 14.2. The van der Waals surface area contributed by atoms with E-state index in [1.165, 1.54) is 0 Å². The fourth-order valence-electron chi connectivity index (χ4n) is 6.77. The SMILES string of the molecule is Cc1ccc(N2CC[C@]3(CCN(CC(=O)N4CC=C(c5ncc(-c6ncn(C)n6)s5)CC4)C3)C2=O)nc1C(=N)c1ccc(OC(C)C)nc1. The molecule has 2 amide bonds. The van der Waals surface area contributed by atoms with Gasteiger partial charge in [0, 0.05) is 57.3 Å². The standard InChI is InChI=1S/C35H40N10O3S/c1-22(2)48-28-8-6-25(17-37-28)30(36)31-23(3)5-7-27(40-31)45-16-12-35(34(45)47)11-15-43(20-35)19-29(46)44-13-9-24(10-14-44)33-38-18-26(49-33)32-39-21-42(4)41-32/h5-9,17-18,21-22,36H,10-16,19-20H2,1-4H3/t35-/m0/s1. The number of pyridine rings is 2. The summed E-state index contributed by atoms with van der Waals surface area (Å²) in [6, 6.07) is 7.34. The second kappa shape index (κ2) is 13.2.